The molecule has 0 aliphatic carbocycles. The fourth-order valence-corrected chi connectivity index (χ4v) is 3.57. The van der Waals surface area contributed by atoms with Crippen molar-refractivity contribution >= 4 is 46.7 Å². The van der Waals surface area contributed by atoms with E-state index < -0.39 is 0 Å². The molecular formula is C19H17Cl2N5OS. The van der Waals surface area contributed by atoms with Crippen molar-refractivity contribution in [3.8, 4) is 11.4 Å². The third kappa shape index (κ3) is 4.55. The van der Waals surface area contributed by atoms with Gasteiger partial charge in [0.1, 0.15) is 0 Å². The van der Waals surface area contributed by atoms with Crippen LogP contribution in [0.25, 0.3) is 11.4 Å². The average molecular weight is 434 g/mol. The summed E-state index contributed by atoms with van der Waals surface area (Å²) in [6, 6.07) is 9.73. The van der Waals surface area contributed by atoms with Crippen molar-refractivity contribution in [3.05, 3.63) is 64.8 Å². The highest BCUT2D eigenvalue weighted by Gasteiger charge is 2.16. The van der Waals surface area contributed by atoms with E-state index >= 15 is 0 Å². The molecule has 0 atom stereocenters. The van der Waals surface area contributed by atoms with Gasteiger partial charge in [0.05, 0.1) is 15.8 Å². The summed E-state index contributed by atoms with van der Waals surface area (Å²) in [5.41, 5.74) is 1.61. The molecular weight excluding hydrogens is 417 g/mol. The number of pyridine rings is 1. The second-order valence-corrected chi connectivity index (χ2v) is 7.53. The average Bonchev–Trinajstić information content (AvgIpc) is 3.10. The van der Waals surface area contributed by atoms with E-state index in [9.17, 15) is 4.79 Å². The van der Waals surface area contributed by atoms with Crippen LogP contribution < -0.4 is 5.32 Å². The number of halogens is 2. The lowest BCUT2D eigenvalue weighted by atomic mass is 10.2. The molecule has 0 unspecified atom stereocenters. The van der Waals surface area contributed by atoms with Crippen LogP contribution in [0.2, 0.25) is 10.0 Å². The molecule has 0 aliphatic rings. The van der Waals surface area contributed by atoms with Crippen LogP contribution in [0, 0.1) is 6.92 Å². The molecule has 0 spiro atoms. The van der Waals surface area contributed by atoms with E-state index in [1.807, 2.05) is 34.9 Å². The Bertz CT molecular complexity index is 1010. The van der Waals surface area contributed by atoms with Crippen molar-refractivity contribution in [2.75, 3.05) is 11.1 Å². The molecule has 0 aliphatic heterocycles. The molecule has 1 N–H and O–H groups in total. The van der Waals surface area contributed by atoms with Gasteiger partial charge in [0.25, 0.3) is 0 Å². The number of allylic oxidation sites excluding steroid dienone is 1. The summed E-state index contributed by atoms with van der Waals surface area (Å²) < 4.78 is 1.91. The molecule has 3 aromatic rings. The zero-order valence-electron chi connectivity index (χ0n) is 15.0. The first-order valence-corrected chi connectivity index (χ1v) is 10.1. The van der Waals surface area contributed by atoms with Crippen molar-refractivity contribution in [2.45, 2.75) is 18.6 Å². The Hall–Kier alpha value is -2.35. The minimum atomic E-state index is -0.254. The Balaban J connectivity index is 1.72. The normalized spacial score (nSPS) is 10.7. The van der Waals surface area contributed by atoms with Gasteiger partial charge in [0.15, 0.2) is 16.8 Å². The Labute approximate surface area is 177 Å². The molecule has 1 aromatic carbocycles. The van der Waals surface area contributed by atoms with Gasteiger partial charge in [-0.05, 0) is 12.5 Å². The molecule has 0 saturated heterocycles. The molecule has 0 saturated carbocycles. The Morgan fingerprint density at radius 1 is 1.29 bits per heavy atom. The fourth-order valence-electron chi connectivity index (χ4n) is 2.43. The van der Waals surface area contributed by atoms with E-state index in [2.05, 4.69) is 27.1 Å². The van der Waals surface area contributed by atoms with Crippen molar-refractivity contribution in [3.63, 3.8) is 0 Å². The second kappa shape index (κ2) is 9.23. The van der Waals surface area contributed by atoms with Crippen LogP contribution in [-0.4, -0.2) is 31.4 Å². The molecule has 0 fully saturated rings. The molecule has 9 heteroatoms. The zero-order chi connectivity index (χ0) is 20.1. The summed E-state index contributed by atoms with van der Waals surface area (Å²) in [5.74, 6) is 0.882. The summed E-state index contributed by atoms with van der Waals surface area (Å²) >= 11 is 13.4. The lowest BCUT2D eigenvalue weighted by Gasteiger charge is -2.10. The number of carbonyl (C=O) groups is 1. The van der Waals surface area contributed by atoms with Crippen LogP contribution in [0.3, 0.4) is 0 Å². The maximum atomic E-state index is 12.3. The molecule has 2 aromatic heterocycles. The van der Waals surface area contributed by atoms with E-state index in [0.29, 0.717) is 27.3 Å². The highest BCUT2D eigenvalue weighted by molar-refractivity contribution is 7.99. The summed E-state index contributed by atoms with van der Waals surface area (Å²) in [7, 11) is 0. The molecule has 6 nitrogen and oxygen atoms in total. The fraction of sp³-hybridized carbons (Fsp3) is 0.158. The maximum Gasteiger partial charge on any atom is 0.236 e. The first-order chi connectivity index (χ1) is 13.5. The number of nitrogens with zero attached hydrogens (tertiary/aromatic N) is 4. The van der Waals surface area contributed by atoms with Crippen molar-refractivity contribution in [1.29, 1.82) is 0 Å². The molecule has 28 heavy (non-hydrogen) atoms. The van der Waals surface area contributed by atoms with Gasteiger partial charge in [-0.25, -0.2) is 4.98 Å². The van der Waals surface area contributed by atoms with Crippen LogP contribution in [0.1, 0.15) is 5.56 Å². The summed E-state index contributed by atoms with van der Waals surface area (Å²) in [6.45, 7) is 6.09. The number of aromatic nitrogens is 4. The van der Waals surface area contributed by atoms with Gasteiger partial charge in [-0.3, -0.25) is 9.36 Å². The molecule has 3 rings (SSSR count). The lowest BCUT2D eigenvalue weighted by Crippen LogP contribution is -2.16. The number of nitrogens with one attached hydrogen (secondary N) is 1. The van der Waals surface area contributed by atoms with Crippen molar-refractivity contribution in [1.82, 2.24) is 19.7 Å². The molecule has 2 heterocycles. The van der Waals surface area contributed by atoms with Crippen LogP contribution in [0.4, 0.5) is 5.82 Å². The largest absolute Gasteiger partial charge is 0.309 e. The van der Waals surface area contributed by atoms with E-state index in [1.165, 1.54) is 18.0 Å². The second-order valence-electron chi connectivity index (χ2n) is 5.80. The monoisotopic (exact) mass is 433 g/mol. The highest BCUT2D eigenvalue weighted by Crippen LogP contribution is 2.29. The van der Waals surface area contributed by atoms with Crippen LogP contribution in [0.15, 0.2) is 54.3 Å². The number of carbonyl (C=O) groups excluding carboxylic acids is 1. The lowest BCUT2D eigenvalue weighted by molar-refractivity contribution is -0.113. The van der Waals surface area contributed by atoms with Gasteiger partial charge in [-0.2, -0.15) is 0 Å². The molecule has 0 radical (unpaired) electrons. The van der Waals surface area contributed by atoms with Crippen LogP contribution in [0.5, 0.6) is 0 Å². The first-order valence-electron chi connectivity index (χ1n) is 8.34. The topological polar surface area (TPSA) is 72.7 Å². The maximum absolute atomic E-state index is 12.3. The first kappa shape index (κ1) is 20.4. The third-order valence-electron chi connectivity index (χ3n) is 3.85. The minimum Gasteiger partial charge on any atom is -0.309 e. The van der Waals surface area contributed by atoms with Gasteiger partial charge in [0.2, 0.25) is 5.91 Å². The predicted molar refractivity (Wildman–Crippen MR) is 114 cm³/mol. The van der Waals surface area contributed by atoms with E-state index in [4.69, 9.17) is 23.2 Å². The van der Waals surface area contributed by atoms with Gasteiger partial charge < -0.3 is 5.32 Å². The summed E-state index contributed by atoms with van der Waals surface area (Å²) in [4.78, 5) is 16.4. The number of amides is 1. The Morgan fingerprint density at radius 2 is 2.04 bits per heavy atom. The molecule has 1 amide bonds. The summed E-state index contributed by atoms with van der Waals surface area (Å²) in [5, 5.41) is 12.6. The summed E-state index contributed by atoms with van der Waals surface area (Å²) in [6.07, 6.45) is 3.22. The Morgan fingerprint density at radius 3 is 2.75 bits per heavy atom. The minimum absolute atomic E-state index is 0.129. The third-order valence-corrected chi connectivity index (χ3v) is 5.66. The standard InChI is InChI=1S/C19H17Cl2N5OS/c1-3-9-26-18(13-7-5-4-6-8-13)24-25-19(26)28-11-15(27)23-17-16(21)12(2)14(20)10-22-17/h3-8,10H,1,9,11H2,2H3,(H,22,23,27). The number of benzene rings is 1. The quantitative estimate of drug-likeness (QED) is 0.424. The number of anilines is 1. The Kier molecular flexibility index (Phi) is 6.72. The van der Waals surface area contributed by atoms with Gasteiger partial charge in [0, 0.05) is 18.3 Å². The number of thioether (sulfide) groups is 1. The van der Waals surface area contributed by atoms with Gasteiger partial charge >= 0.3 is 0 Å². The SMILES string of the molecule is C=CCn1c(SCC(=O)Nc2ncc(Cl)c(C)c2Cl)nnc1-c1ccccc1. The number of rotatable bonds is 7. The van der Waals surface area contributed by atoms with E-state index in [1.54, 1.807) is 13.0 Å². The van der Waals surface area contributed by atoms with Crippen LogP contribution in [-0.2, 0) is 11.3 Å². The molecule has 0 bridgehead atoms. The smallest absolute Gasteiger partial charge is 0.236 e. The highest BCUT2D eigenvalue weighted by atomic mass is 35.5. The van der Waals surface area contributed by atoms with Crippen molar-refractivity contribution < 1.29 is 4.79 Å². The van der Waals surface area contributed by atoms with E-state index in [0.717, 1.165) is 11.4 Å². The molecule has 144 valence electrons. The number of hydrogen-bond acceptors (Lipinski definition) is 5. The van der Waals surface area contributed by atoms with Gasteiger partial charge in [-0.1, -0.05) is 71.4 Å². The zero-order valence-corrected chi connectivity index (χ0v) is 17.4. The van der Waals surface area contributed by atoms with E-state index in [-0.39, 0.29) is 17.5 Å². The number of hydrogen-bond donors (Lipinski definition) is 1. The van der Waals surface area contributed by atoms with Gasteiger partial charge in [-0.15, -0.1) is 16.8 Å². The van der Waals surface area contributed by atoms with Crippen LogP contribution >= 0.6 is 35.0 Å². The predicted octanol–water partition coefficient (Wildman–Crippen LogP) is 4.87. The van der Waals surface area contributed by atoms with Crippen molar-refractivity contribution in [2.24, 2.45) is 0 Å².